The smallest absolute Gasteiger partial charge is 0.261 e. The van der Waals surface area contributed by atoms with E-state index in [9.17, 15) is 0 Å². The highest BCUT2D eigenvalue weighted by Gasteiger charge is 2.25. The summed E-state index contributed by atoms with van der Waals surface area (Å²) in [6.07, 6.45) is 8.02. The molecule has 5 N–H and O–H groups in total. The Morgan fingerprint density at radius 2 is 2.00 bits per heavy atom. The molecule has 2 aromatic carbocycles. The predicted molar refractivity (Wildman–Crippen MR) is 139 cm³/mol. The molecule has 0 saturated carbocycles. The number of hydrogen-bond acceptors (Lipinski definition) is 7. The monoisotopic (exact) mass is 471 g/mol. The van der Waals surface area contributed by atoms with Crippen molar-refractivity contribution in [1.29, 1.82) is 5.41 Å². The van der Waals surface area contributed by atoms with Gasteiger partial charge in [0.2, 0.25) is 5.84 Å². The molecule has 35 heavy (non-hydrogen) atoms. The van der Waals surface area contributed by atoms with Gasteiger partial charge in [-0.1, -0.05) is 24.3 Å². The van der Waals surface area contributed by atoms with Crippen LogP contribution >= 0.6 is 0 Å². The lowest BCUT2D eigenvalue weighted by molar-refractivity contribution is -0.410. The molecule has 0 aliphatic carbocycles. The Bertz CT molecular complexity index is 1290. The van der Waals surface area contributed by atoms with E-state index >= 15 is 0 Å². The second-order valence-corrected chi connectivity index (χ2v) is 8.40. The van der Waals surface area contributed by atoms with Gasteiger partial charge in [0.1, 0.15) is 17.5 Å². The molecule has 4 rings (SSSR count). The number of rotatable bonds is 6. The number of methoxy groups -OCH3 is 1. The minimum absolute atomic E-state index is 0.270. The lowest BCUT2D eigenvalue weighted by Crippen LogP contribution is -2.39. The third-order valence-corrected chi connectivity index (χ3v) is 6.06. The zero-order chi connectivity index (χ0) is 24.8. The van der Waals surface area contributed by atoms with E-state index in [0.29, 0.717) is 29.7 Å². The topological polar surface area (TPSA) is 131 Å². The minimum Gasteiger partial charge on any atom is -0.495 e. The van der Waals surface area contributed by atoms with Crippen LogP contribution in [0.5, 0.6) is 5.75 Å². The first-order valence-electron chi connectivity index (χ1n) is 11.6. The molecular weight excluding hydrogens is 440 g/mol. The molecule has 2 heterocycles. The zero-order valence-electron chi connectivity index (χ0n) is 20.1. The van der Waals surface area contributed by atoms with Gasteiger partial charge in [-0.2, -0.15) is 10.5 Å². The summed E-state index contributed by atoms with van der Waals surface area (Å²) in [7, 11) is 1.62. The Kier molecular flexibility index (Phi) is 7.35. The number of nitrogens with two attached hydrogens (primary N) is 2. The van der Waals surface area contributed by atoms with Crippen LogP contribution in [0.4, 0.5) is 0 Å². The highest BCUT2D eigenvalue weighted by Crippen LogP contribution is 2.25. The van der Waals surface area contributed by atoms with Crippen LogP contribution < -0.4 is 16.3 Å². The second kappa shape index (κ2) is 10.8. The van der Waals surface area contributed by atoms with Crippen LogP contribution in [0, 0.1) is 12.3 Å². The fraction of sp³-hybridized carbons (Fsp3) is 0.269. The van der Waals surface area contributed by atoms with Crippen LogP contribution in [-0.4, -0.2) is 57.4 Å². The molecule has 1 atom stereocenters. The van der Waals surface area contributed by atoms with Crippen LogP contribution in [0.2, 0.25) is 0 Å². The fourth-order valence-corrected chi connectivity index (χ4v) is 4.15. The molecule has 3 aromatic rings. The van der Waals surface area contributed by atoms with E-state index in [2.05, 4.69) is 10.1 Å². The Hall–Kier alpha value is -4.27. The Labute approximate surface area is 205 Å². The van der Waals surface area contributed by atoms with E-state index in [1.807, 2.05) is 70.8 Å². The summed E-state index contributed by atoms with van der Waals surface area (Å²) in [6.45, 7) is 2.63. The summed E-state index contributed by atoms with van der Waals surface area (Å²) in [5, 5.41) is 12.6. The van der Waals surface area contributed by atoms with Crippen molar-refractivity contribution in [3.8, 4) is 11.4 Å². The van der Waals surface area contributed by atoms with Gasteiger partial charge >= 0.3 is 0 Å². The molecule has 0 saturated heterocycles. The number of aromatic nitrogens is 2. The van der Waals surface area contributed by atoms with Crippen LogP contribution in [0.15, 0.2) is 71.1 Å². The summed E-state index contributed by atoms with van der Waals surface area (Å²) < 4.78 is 9.37. The fourth-order valence-electron chi connectivity index (χ4n) is 4.15. The highest BCUT2D eigenvalue weighted by molar-refractivity contribution is 6.38. The third kappa shape index (κ3) is 5.29. The third-order valence-electron chi connectivity index (χ3n) is 6.06. The molecule has 1 aliphatic rings. The number of benzene rings is 2. The lowest BCUT2D eigenvalue weighted by Gasteiger charge is -2.13. The van der Waals surface area contributed by atoms with E-state index in [4.69, 9.17) is 26.7 Å². The number of nitrogens with zero attached hydrogens (tertiary/aromatic N) is 5. The molecule has 0 bridgehead atoms. The standard InChI is InChI=1S/C26H30N8O/c1-18-16-33(17-31-18)23-12-11-20(14-24(23)35-2)22(32-29)15-30-21-10-6-7-13-34(26(21)28)25(27)19-8-4-3-5-9-19/h3-5,8-9,11-12,14-17,21,27-28H,6-7,10,13H2,1-2H3,(H2,29,30)/p+1. The Balaban J connectivity index is 1.60. The van der Waals surface area contributed by atoms with Gasteiger partial charge in [0.15, 0.2) is 0 Å². The van der Waals surface area contributed by atoms with Crippen molar-refractivity contribution in [2.45, 2.75) is 32.2 Å². The Morgan fingerprint density at radius 1 is 1.20 bits per heavy atom. The maximum Gasteiger partial charge on any atom is 0.261 e. The first-order chi connectivity index (χ1) is 17.0. The van der Waals surface area contributed by atoms with Crippen molar-refractivity contribution in [1.82, 2.24) is 9.55 Å². The van der Waals surface area contributed by atoms with Gasteiger partial charge in [0.05, 0.1) is 43.1 Å². The average Bonchev–Trinajstić information content (AvgIpc) is 3.24. The number of ether oxygens (including phenoxy) is 1. The van der Waals surface area contributed by atoms with Crippen molar-refractivity contribution in [3.05, 3.63) is 77.9 Å². The van der Waals surface area contributed by atoms with Crippen molar-refractivity contribution >= 4 is 23.6 Å². The van der Waals surface area contributed by atoms with Crippen LogP contribution in [0.3, 0.4) is 0 Å². The van der Waals surface area contributed by atoms with E-state index in [1.54, 1.807) is 19.7 Å². The molecule has 0 spiro atoms. The predicted octanol–water partition coefficient (Wildman–Crippen LogP) is 2.87. The van der Waals surface area contributed by atoms with Crippen molar-refractivity contribution in [2.24, 2.45) is 21.7 Å². The average molecular weight is 472 g/mol. The van der Waals surface area contributed by atoms with Crippen molar-refractivity contribution < 1.29 is 9.31 Å². The SMILES string of the molecule is COc1cc(C(C=NC2CCCC[N+](C(=N)c3ccccc3)=C2N)=NN)ccc1-n1cnc(C)c1. The zero-order valence-corrected chi connectivity index (χ0v) is 20.1. The molecule has 0 fully saturated rings. The first kappa shape index (κ1) is 23.9. The Morgan fingerprint density at radius 3 is 2.69 bits per heavy atom. The summed E-state index contributed by atoms with van der Waals surface area (Å²) in [6, 6.07) is 15.1. The van der Waals surface area contributed by atoms with Crippen molar-refractivity contribution in [2.75, 3.05) is 13.7 Å². The molecule has 9 heteroatoms. The van der Waals surface area contributed by atoms with Gasteiger partial charge in [-0.25, -0.2) is 9.56 Å². The van der Waals surface area contributed by atoms with Gasteiger partial charge in [0.25, 0.3) is 5.84 Å². The largest absolute Gasteiger partial charge is 0.495 e. The highest BCUT2D eigenvalue weighted by atomic mass is 16.5. The molecule has 9 nitrogen and oxygen atoms in total. The summed E-state index contributed by atoms with van der Waals surface area (Å²) in [5.74, 6) is 7.35. The number of aryl methyl sites for hydroxylation is 1. The molecule has 1 aliphatic heterocycles. The quantitative estimate of drug-likeness (QED) is 0.168. The van der Waals surface area contributed by atoms with Gasteiger partial charge in [-0.3, -0.25) is 4.99 Å². The molecule has 1 unspecified atom stereocenters. The van der Waals surface area contributed by atoms with Gasteiger partial charge < -0.3 is 20.9 Å². The summed E-state index contributed by atoms with van der Waals surface area (Å²) >= 11 is 0. The van der Waals surface area contributed by atoms with Crippen LogP contribution in [0.25, 0.3) is 5.69 Å². The van der Waals surface area contributed by atoms with Gasteiger partial charge in [0, 0.05) is 11.8 Å². The molecule has 1 aromatic heterocycles. The summed E-state index contributed by atoms with van der Waals surface area (Å²) in [5.41, 5.74) is 10.4. The van der Waals surface area contributed by atoms with Crippen LogP contribution in [-0.2, 0) is 0 Å². The van der Waals surface area contributed by atoms with E-state index in [0.717, 1.165) is 41.8 Å². The molecule has 0 amide bonds. The number of hydrogen-bond donors (Lipinski definition) is 3. The maximum atomic E-state index is 8.68. The number of hydrazone groups is 1. The minimum atomic E-state index is -0.270. The lowest BCUT2D eigenvalue weighted by atomic mass is 10.1. The number of amidine groups is 2. The van der Waals surface area contributed by atoms with Crippen LogP contribution in [0.1, 0.15) is 36.1 Å². The van der Waals surface area contributed by atoms with Gasteiger partial charge in [-0.05, 0) is 50.5 Å². The first-order valence-corrected chi connectivity index (χ1v) is 11.6. The molecular formula is C26H31N8O+. The maximum absolute atomic E-state index is 8.68. The van der Waals surface area contributed by atoms with E-state index in [-0.39, 0.29) is 6.04 Å². The molecule has 180 valence electrons. The normalized spacial score (nSPS) is 17.0. The number of imidazole rings is 1. The number of nitrogens with one attached hydrogen (secondary N) is 1. The summed E-state index contributed by atoms with van der Waals surface area (Å²) in [4.78, 5) is 9.03. The second-order valence-electron chi connectivity index (χ2n) is 8.40. The van der Waals surface area contributed by atoms with E-state index < -0.39 is 0 Å². The van der Waals surface area contributed by atoms with Gasteiger partial charge in [-0.15, -0.1) is 0 Å². The van der Waals surface area contributed by atoms with E-state index in [1.165, 1.54) is 0 Å². The van der Waals surface area contributed by atoms with Crippen molar-refractivity contribution in [3.63, 3.8) is 0 Å². The molecule has 0 radical (unpaired) electrons. The number of aliphatic imine (C=N–C) groups is 1.